The fourth-order valence-corrected chi connectivity index (χ4v) is 28.1. The molecule has 76 heavy (non-hydrogen) atoms. The van der Waals surface area contributed by atoms with Gasteiger partial charge in [-0.1, -0.05) is 207 Å². The summed E-state index contributed by atoms with van der Waals surface area (Å²) < 4.78 is 8.34. The molecule has 0 amide bonds. The largest absolute Gasteiger partial charge is 0.376 e. The van der Waals surface area contributed by atoms with Gasteiger partial charge in [-0.15, -0.1) is 0 Å². The molecule has 13 saturated carbocycles. The van der Waals surface area contributed by atoms with Gasteiger partial charge in [0.25, 0.3) is 0 Å². The van der Waals surface area contributed by atoms with Crippen LogP contribution in [0.3, 0.4) is 0 Å². The molecule has 2 nitrogen and oxygen atoms in total. The Hall–Kier alpha value is -0.0151. The molecule has 0 N–H and O–H groups in total. The molecular formula is C73H120BNO. The van der Waals surface area contributed by atoms with Crippen LogP contribution in [0.15, 0.2) is 0 Å². The second-order valence-electron chi connectivity index (χ2n) is 34.5. The molecular weight excluding hydrogens is 918 g/mol. The number of ether oxygens (including phenoxy) is 1. The highest BCUT2D eigenvalue weighted by Gasteiger charge is 2.67. The zero-order chi connectivity index (χ0) is 50.6. The summed E-state index contributed by atoms with van der Waals surface area (Å²) in [5, 5.41) is 0. The summed E-state index contributed by atoms with van der Waals surface area (Å²) in [7, 11) is 0. The molecule has 0 aromatic heterocycles. The smallest absolute Gasteiger partial charge is 0.159 e. The van der Waals surface area contributed by atoms with Crippen molar-refractivity contribution >= 4 is 6.71 Å². The van der Waals surface area contributed by atoms with E-state index in [4.69, 9.17) is 4.74 Å². The van der Waals surface area contributed by atoms with Gasteiger partial charge in [-0.2, -0.15) is 0 Å². The van der Waals surface area contributed by atoms with Gasteiger partial charge in [0, 0.05) is 18.1 Å². The first-order valence-corrected chi connectivity index (χ1v) is 36.7. The molecule has 0 aromatic carbocycles. The second-order valence-corrected chi connectivity index (χ2v) is 34.5. The van der Waals surface area contributed by atoms with Gasteiger partial charge in [0.2, 0.25) is 0 Å². The van der Waals surface area contributed by atoms with Crippen molar-refractivity contribution in [2.24, 2.45) is 118 Å². The lowest BCUT2D eigenvalue weighted by atomic mass is 9.19. The van der Waals surface area contributed by atoms with E-state index >= 15 is 0 Å². The molecule has 15 aliphatic rings. The van der Waals surface area contributed by atoms with Crippen LogP contribution in [0.25, 0.3) is 0 Å². The van der Waals surface area contributed by atoms with Crippen molar-refractivity contribution in [3.05, 3.63) is 0 Å². The molecule has 3 heteroatoms. The Labute approximate surface area is 470 Å². The molecule has 0 aromatic rings. The van der Waals surface area contributed by atoms with Crippen LogP contribution in [-0.4, -0.2) is 41.9 Å². The minimum atomic E-state index is 0.392. The molecule has 2 heterocycles. The lowest BCUT2D eigenvalue weighted by Gasteiger charge is -2.69. The molecule has 426 valence electrons. The van der Waals surface area contributed by atoms with Gasteiger partial charge in [0.05, 0.1) is 12.2 Å². The molecule has 2 saturated heterocycles. The summed E-state index contributed by atoms with van der Waals surface area (Å²) in [5.74, 6) is 22.4. The highest BCUT2D eigenvalue weighted by Crippen LogP contribution is 2.69. The Morgan fingerprint density at radius 2 is 0.842 bits per heavy atom. The summed E-state index contributed by atoms with van der Waals surface area (Å²) >= 11 is 0. The Morgan fingerprint density at radius 3 is 1.46 bits per heavy atom. The van der Waals surface area contributed by atoms with Gasteiger partial charge in [-0.05, 0) is 219 Å². The third kappa shape index (κ3) is 9.76. The zero-order valence-corrected chi connectivity index (χ0v) is 50.2. The van der Waals surface area contributed by atoms with Gasteiger partial charge >= 0.3 is 0 Å². The van der Waals surface area contributed by atoms with Crippen molar-refractivity contribution in [3.63, 3.8) is 0 Å². The maximum Gasteiger partial charge on any atom is 0.159 e. The second kappa shape index (κ2) is 22.2. The third-order valence-corrected chi connectivity index (χ3v) is 30.1. The van der Waals surface area contributed by atoms with E-state index in [0.717, 1.165) is 155 Å². The van der Waals surface area contributed by atoms with E-state index in [-0.39, 0.29) is 0 Å². The van der Waals surface area contributed by atoms with Crippen LogP contribution < -0.4 is 0 Å². The molecule has 15 unspecified atom stereocenters. The normalized spacial score (nSPS) is 50.9. The van der Waals surface area contributed by atoms with E-state index in [2.05, 4.69) is 25.7 Å². The number of rotatable bonds is 7. The third-order valence-electron chi connectivity index (χ3n) is 30.1. The van der Waals surface area contributed by atoms with Gasteiger partial charge in [0.15, 0.2) is 6.71 Å². The molecule has 21 atom stereocenters. The maximum atomic E-state index is 8.34. The fourth-order valence-electron chi connectivity index (χ4n) is 28.1. The van der Waals surface area contributed by atoms with Crippen molar-refractivity contribution in [3.8, 4) is 0 Å². The topological polar surface area (TPSA) is 12.5 Å². The Kier molecular flexibility index (Phi) is 15.4. The van der Waals surface area contributed by atoms with Crippen molar-refractivity contribution < 1.29 is 4.74 Å². The lowest BCUT2D eigenvalue weighted by Crippen LogP contribution is -2.72. The Morgan fingerprint density at radius 1 is 0.342 bits per heavy atom. The van der Waals surface area contributed by atoms with Crippen molar-refractivity contribution in [2.45, 2.75) is 338 Å². The maximum absolute atomic E-state index is 8.34. The molecule has 0 bridgehead atoms. The van der Waals surface area contributed by atoms with Crippen LogP contribution in [0.4, 0.5) is 0 Å². The van der Waals surface area contributed by atoms with Gasteiger partial charge in [-0.3, -0.25) is 4.90 Å². The van der Waals surface area contributed by atoms with Crippen molar-refractivity contribution in [1.29, 1.82) is 0 Å². The molecule has 2 aliphatic heterocycles. The van der Waals surface area contributed by atoms with Crippen LogP contribution in [-0.2, 0) is 4.74 Å². The quantitative estimate of drug-likeness (QED) is 0.236. The lowest BCUT2D eigenvalue weighted by molar-refractivity contribution is -0.159. The summed E-state index contributed by atoms with van der Waals surface area (Å²) in [6.07, 6.45) is 66.9. The molecule has 15 fully saturated rings. The van der Waals surface area contributed by atoms with Gasteiger partial charge in [-0.25, -0.2) is 0 Å². The summed E-state index contributed by atoms with van der Waals surface area (Å²) in [5.41, 5.74) is 0.392. The Balaban J connectivity index is 0.784. The van der Waals surface area contributed by atoms with E-state index < -0.39 is 0 Å². The average molecular weight is 1040 g/mol. The number of hydrogen-bond donors (Lipinski definition) is 0. The van der Waals surface area contributed by atoms with Crippen LogP contribution in [0.1, 0.15) is 290 Å². The first kappa shape index (κ1) is 52.8. The van der Waals surface area contributed by atoms with E-state index in [1.807, 2.05) is 0 Å². The van der Waals surface area contributed by atoms with Gasteiger partial charge < -0.3 is 4.74 Å². The minimum absolute atomic E-state index is 0.392. The SMILES string of the molecule is CC(C)(C)CC1CC2O[C@@H]3CC([C@@H]4CC5[C@@H]6CCCC7CCC[C@@H](C76)C6CCC[C@H](C4)[C@H]56)CCC3B3C4CC(C5CCCCC5)CCC4N(C4C(C5CCCCC5)CC(C5CCCCC5)CC4C4CCCCC4)C(C1)C32. The zero-order valence-electron chi connectivity index (χ0n) is 50.2. The first-order chi connectivity index (χ1) is 37.3. The minimum Gasteiger partial charge on any atom is -0.376 e. The molecule has 0 spiro atoms. The summed E-state index contributed by atoms with van der Waals surface area (Å²) in [4.78, 5) is 3.74. The number of fused-ring (bicyclic) bond motifs is 6. The van der Waals surface area contributed by atoms with Gasteiger partial charge in [0.1, 0.15) is 0 Å². The van der Waals surface area contributed by atoms with Crippen molar-refractivity contribution in [2.75, 3.05) is 0 Å². The van der Waals surface area contributed by atoms with Crippen LogP contribution in [0.2, 0.25) is 17.5 Å². The first-order valence-electron chi connectivity index (χ1n) is 36.7. The standard InChI is InChI=1S/C73H120BNO/c1-73(2,3)45-46-37-66-71-68(38-46)76-67-44-53(55-39-54-29-18-31-58-57-30-16-27-51-28-17-32-59(69(51)57)62(42-55)70(54)58)33-35-63(67)74(71)64-43-52(47-19-8-4-9-20-47)34-36-65(64)75(66)72-60(49-23-12-6-13-24-49)40-56(48-21-10-5-11-22-48)41-61(72)50-25-14-7-15-26-50/h46-72H,4-45H2,1-3H3/t46?,51?,52?,53?,54-,55+,56?,57-,58?,59+,60?,61?,62?,63?,64?,65?,66?,67-,68?,69?,70+,71?,72?/m1/s1. The van der Waals surface area contributed by atoms with E-state index in [0.29, 0.717) is 17.6 Å². The average Bonchev–Trinajstić information content (AvgIpc) is 3.48. The fraction of sp³-hybridized carbons (Fsp3) is 1.00. The molecule has 0 radical (unpaired) electrons. The molecule has 15 rings (SSSR count). The monoisotopic (exact) mass is 1040 g/mol. The predicted octanol–water partition coefficient (Wildman–Crippen LogP) is 20.1. The van der Waals surface area contributed by atoms with E-state index in [1.165, 1.54) is 89.9 Å². The molecule has 13 aliphatic carbocycles. The van der Waals surface area contributed by atoms with Crippen LogP contribution >= 0.6 is 0 Å². The Bertz CT molecular complexity index is 1890. The number of hydrogen-bond acceptors (Lipinski definition) is 2. The van der Waals surface area contributed by atoms with Crippen LogP contribution in [0, 0.1) is 118 Å². The summed E-state index contributed by atoms with van der Waals surface area (Å²) in [6.45, 7) is 8.81. The highest BCUT2D eigenvalue weighted by atomic mass is 16.5. The van der Waals surface area contributed by atoms with E-state index in [1.54, 1.807) is 180 Å². The van der Waals surface area contributed by atoms with Crippen LogP contribution in [0.5, 0.6) is 0 Å². The van der Waals surface area contributed by atoms with Crippen molar-refractivity contribution in [1.82, 2.24) is 4.90 Å². The van der Waals surface area contributed by atoms with E-state index in [9.17, 15) is 0 Å². The number of nitrogens with zero attached hydrogens (tertiary/aromatic N) is 1. The summed E-state index contributed by atoms with van der Waals surface area (Å²) in [6, 6.07) is 2.53. The highest BCUT2D eigenvalue weighted by molar-refractivity contribution is 6.65. The predicted molar refractivity (Wildman–Crippen MR) is 319 cm³/mol.